The monoisotopic (exact) mass is 473 g/mol. The predicted octanol–water partition coefficient (Wildman–Crippen LogP) is 3.32. The van der Waals surface area contributed by atoms with Gasteiger partial charge in [0, 0.05) is 18.2 Å². The van der Waals surface area contributed by atoms with Crippen molar-refractivity contribution < 1.29 is 27.0 Å². The van der Waals surface area contributed by atoms with Crippen LogP contribution in [0.15, 0.2) is 56.8 Å². The number of aromatic nitrogens is 1. The Morgan fingerprint density at radius 3 is 2.64 bits per heavy atom. The lowest BCUT2D eigenvalue weighted by atomic mass is 10.2. The molecule has 1 aromatic heterocycles. The zero-order chi connectivity index (χ0) is 23.4. The number of hydrogen-bond acceptors (Lipinski definition) is 9. The van der Waals surface area contributed by atoms with E-state index in [9.17, 15) is 8.42 Å². The quantitative estimate of drug-likeness (QED) is 0.469. The van der Waals surface area contributed by atoms with Gasteiger partial charge in [-0.25, -0.2) is 8.42 Å². The molecule has 0 aliphatic carbocycles. The fourth-order valence-electron chi connectivity index (χ4n) is 3.38. The first-order valence-corrected chi connectivity index (χ1v) is 12.1. The van der Waals surface area contributed by atoms with Gasteiger partial charge in [-0.05, 0) is 57.4 Å². The molecule has 3 aromatic rings. The molecule has 2 heterocycles. The normalized spacial score (nSPS) is 13.2. The van der Waals surface area contributed by atoms with Gasteiger partial charge in [0.05, 0.1) is 12.0 Å². The molecule has 176 valence electrons. The molecule has 33 heavy (non-hydrogen) atoms. The first-order valence-electron chi connectivity index (χ1n) is 10.6. The lowest BCUT2D eigenvalue weighted by molar-refractivity contribution is 0.171. The molecule has 1 aliphatic rings. The second-order valence-electron chi connectivity index (χ2n) is 7.78. The third-order valence-electron chi connectivity index (χ3n) is 5.06. The maximum absolute atomic E-state index is 13.6. The van der Waals surface area contributed by atoms with Gasteiger partial charge in [0.25, 0.3) is 0 Å². The van der Waals surface area contributed by atoms with Gasteiger partial charge in [0.15, 0.2) is 11.5 Å². The Morgan fingerprint density at radius 2 is 1.88 bits per heavy atom. The van der Waals surface area contributed by atoms with Crippen LogP contribution in [0.4, 0.5) is 5.88 Å². The molecule has 10 heteroatoms. The van der Waals surface area contributed by atoms with Crippen molar-refractivity contribution in [2.24, 2.45) is 0 Å². The van der Waals surface area contributed by atoms with Crippen LogP contribution in [0.25, 0.3) is 11.5 Å². The van der Waals surface area contributed by atoms with Crippen LogP contribution in [-0.4, -0.2) is 65.8 Å². The summed E-state index contributed by atoms with van der Waals surface area (Å²) >= 11 is 0. The highest BCUT2D eigenvalue weighted by atomic mass is 32.2. The summed E-state index contributed by atoms with van der Waals surface area (Å²) in [6, 6.07) is 11.6. The van der Waals surface area contributed by atoms with E-state index < -0.39 is 9.84 Å². The van der Waals surface area contributed by atoms with E-state index in [1.165, 1.54) is 12.1 Å². The number of fused-ring (bicyclic) bond motifs is 1. The molecule has 0 unspecified atom stereocenters. The van der Waals surface area contributed by atoms with Crippen LogP contribution in [0.2, 0.25) is 0 Å². The van der Waals surface area contributed by atoms with E-state index in [0.29, 0.717) is 42.6 Å². The zero-order valence-electron chi connectivity index (χ0n) is 18.8. The Morgan fingerprint density at radius 1 is 1.09 bits per heavy atom. The molecule has 0 saturated carbocycles. The number of oxazole rings is 1. The van der Waals surface area contributed by atoms with E-state index >= 15 is 0 Å². The number of hydrogen-bond donors (Lipinski definition) is 1. The predicted molar refractivity (Wildman–Crippen MR) is 123 cm³/mol. The van der Waals surface area contributed by atoms with Crippen molar-refractivity contribution in [3.05, 3.63) is 42.5 Å². The molecule has 1 N–H and O–H groups in total. The van der Waals surface area contributed by atoms with E-state index in [1.807, 2.05) is 14.1 Å². The van der Waals surface area contributed by atoms with Crippen molar-refractivity contribution in [1.29, 1.82) is 0 Å². The van der Waals surface area contributed by atoms with Gasteiger partial charge in [-0.15, -0.1) is 0 Å². The van der Waals surface area contributed by atoms with Crippen LogP contribution < -0.4 is 19.5 Å². The van der Waals surface area contributed by atoms with Gasteiger partial charge in [-0.2, -0.15) is 4.98 Å². The van der Waals surface area contributed by atoms with Crippen LogP contribution in [0.3, 0.4) is 0 Å². The lowest BCUT2D eigenvalue weighted by Gasteiger charge is -2.18. The fraction of sp³-hybridized carbons (Fsp3) is 0.348. The second kappa shape index (κ2) is 9.72. The molecule has 0 amide bonds. The Bertz CT molecular complexity index is 1220. The number of methoxy groups -OCH3 is 1. The summed E-state index contributed by atoms with van der Waals surface area (Å²) in [6.07, 6.45) is 0.797. The maximum atomic E-state index is 13.6. The summed E-state index contributed by atoms with van der Waals surface area (Å²) in [6.45, 7) is 2.15. The van der Waals surface area contributed by atoms with Gasteiger partial charge in [-0.1, -0.05) is 6.07 Å². The highest BCUT2D eigenvalue weighted by Gasteiger charge is 2.30. The summed E-state index contributed by atoms with van der Waals surface area (Å²) < 4.78 is 49.4. The Kier molecular flexibility index (Phi) is 6.75. The van der Waals surface area contributed by atoms with Crippen LogP contribution in [0.5, 0.6) is 17.2 Å². The van der Waals surface area contributed by atoms with Gasteiger partial charge < -0.3 is 28.8 Å². The van der Waals surface area contributed by atoms with Gasteiger partial charge in [-0.3, -0.25) is 0 Å². The Balaban J connectivity index is 1.72. The standard InChI is InChI=1S/C23H27N3O6S/c1-26(2)11-5-10-24-22-23(25-21(32-22)16-6-4-7-17(14-16)29-3)33(27,28)18-8-9-19-20(15-18)31-13-12-30-19/h4,6-9,14-15,24H,5,10-13H2,1-3H3. The highest BCUT2D eigenvalue weighted by molar-refractivity contribution is 7.91. The molecule has 0 radical (unpaired) electrons. The molecule has 0 bridgehead atoms. The average molecular weight is 474 g/mol. The lowest BCUT2D eigenvalue weighted by Crippen LogP contribution is -2.17. The summed E-state index contributed by atoms with van der Waals surface area (Å²) in [5.74, 6) is 1.79. The molecule has 0 atom stereocenters. The summed E-state index contributed by atoms with van der Waals surface area (Å²) in [5, 5.41) is 2.92. The molecular formula is C23H27N3O6S. The zero-order valence-corrected chi connectivity index (χ0v) is 19.6. The Hall–Kier alpha value is -3.24. The van der Waals surface area contributed by atoms with Crippen molar-refractivity contribution >= 4 is 15.7 Å². The van der Waals surface area contributed by atoms with Crippen molar-refractivity contribution in [3.63, 3.8) is 0 Å². The number of benzene rings is 2. The van der Waals surface area contributed by atoms with Crippen molar-refractivity contribution in [2.45, 2.75) is 16.3 Å². The minimum Gasteiger partial charge on any atom is -0.497 e. The number of rotatable bonds is 9. The van der Waals surface area contributed by atoms with Gasteiger partial charge in [0.2, 0.25) is 26.6 Å². The number of ether oxygens (including phenoxy) is 3. The highest BCUT2D eigenvalue weighted by Crippen LogP contribution is 2.37. The second-order valence-corrected chi connectivity index (χ2v) is 9.64. The van der Waals surface area contributed by atoms with Crippen molar-refractivity contribution in [3.8, 4) is 28.7 Å². The smallest absolute Gasteiger partial charge is 0.233 e. The van der Waals surface area contributed by atoms with Crippen molar-refractivity contribution in [1.82, 2.24) is 9.88 Å². The molecule has 2 aromatic carbocycles. The third-order valence-corrected chi connectivity index (χ3v) is 6.72. The number of anilines is 1. The third kappa shape index (κ3) is 5.07. The average Bonchev–Trinajstić information content (AvgIpc) is 3.26. The van der Waals surface area contributed by atoms with E-state index in [4.69, 9.17) is 18.6 Å². The van der Waals surface area contributed by atoms with E-state index in [-0.39, 0.29) is 21.7 Å². The molecule has 0 fully saturated rings. The molecular weight excluding hydrogens is 446 g/mol. The van der Waals surface area contributed by atoms with Crippen LogP contribution >= 0.6 is 0 Å². The molecule has 0 saturated heterocycles. The first-order chi connectivity index (χ1) is 15.9. The SMILES string of the molecule is COc1cccc(-c2nc(S(=O)(=O)c3ccc4c(c3)OCCO4)c(NCCCN(C)C)o2)c1. The van der Waals surface area contributed by atoms with Crippen LogP contribution in [0.1, 0.15) is 6.42 Å². The van der Waals surface area contributed by atoms with Crippen molar-refractivity contribution in [2.75, 3.05) is 52.8 Å². The molecule has 9 nitrogen and oxygen atoms in total. The largest absolute Gasteiger partial charge is 0.497 e. The van der Waals surface area contributed by atoms with Crippen LogP contribution in [-0.2, 0) is 9.84 Å². The summed E-state index contributed by atoms with van der Waals surface area (Å²) in [5.41, 5.74) is 0.606. The maximum Gasteiger partial charge on any atom is 0.233 e. The molecule has 4 rings (SSSR count). The summed E-state index contributed by atoms with van der Waals surface area (Å²) in [7, 11) is 1.51. The van der Waals surface area contributed by atoms with E-state index in [0.717, 1.165) is 13.0 Å². The van der Waals surface area contributed by atoms with E-state index in [1.54, 1.807) is 37.4 Å². The van der Waals surface area contributed by atoms with Gasteiger partial charge >= 0.3 is 0 Å². The van der Waals surface area contributed by atoms with Crippen LogP contribution in [0, 0.1) is 0 Å². The minimum absolute atomic E-state index is 0.0496. The Labute approximate surface area is 193 Å². The minimum atomic E-state index is -4.00. The molecule has 0 spiro atoms. The topological polar surface area (TPSA) is 103 Å². The number of sulfone groups is 1. The molecule has 1 aliphatic heterocycles. The first kappa shape index (κ1) is 22.9. The van der Waals surface area contributed by atoms with E-state index in [2.05, 4.69) is 15.2 Å². The van der Waals surface area contributed by atoms with Gasteiger partial charge in [0.1, 0.15) is 19.0 Å². The number of nitrogens with zero attached hydrogens (tertiary/aromatic N) is 2. The number of nitrogens with one attached hydrogen (secondary N) is 1. The fourth-order valence-corrected chi connectivity index (χ4v) is 4.67. The summed E-state index contributed by atoms with van der Waals surface area (Å²) in [4.78, 5) is 6.48.